The molecule has 0 saturated heterocycles. The Kier molecular flexibility index (Phi) is 8.05. The van der Waals surface area contributed by atoms with E-state index in [1.807, 2.05) is 0 Å². The fourth-order valence-corrected chi connectivity index (χ4v) is 1.82. The van der Waals surface area contributed by atoms with Crippen LogP contribution in [0.5, 0.6) is 11.5 Å². The van der Waals surface area contributed by atoms with Gasteiger partial charge in [-0.1, -0.05) is 0 Å². The molecule has 134 valence electrons. The Bertz CT molecular complexity index is 528. The van der Waals surface area contributed by atoms with Gasteiger partial charge in [0.05, 0.1) is 20.3 Å². The molecule has 2 N–H and O–H groups in total. The lowest BCUT2D eigenvalue weighted by molar-refractivity contribution is -0.141. The summed E-state index contributed by atoms with van der Waals surface area (Å²) in [6.45, 7) is 4.54. The van der Waals surface area contributed by atoms with Gasteiger partial charge >= 0.3 is 0 Å². The highest BCUT2D eigenvalue weighted by Gasteiger charge is 2.35. The summed E-state index contributed by atoms with van der Waals surface area (Å²) in [4.78, 5) is 24.2. The molecular weight excluding hydrogens is 312 g/mol. The van der Waals surface area contributed by atoms with E-state index in [1.165, 1.54) is 0 Å². The van der Waals surface area contributed by atoms with Crippen molar-refractivity contribution in [3.05, 3.63) is 24.3 Å². The van der Waals surface area contributed by atoms with Gasteiger partial charge in [0.15, 0.2) is 0 Å². The van der Waals surface area contributed by atoms with Crippen LogP contribution in [0.1, 0.15) is 13.8 Å². The van der Waals surface area contributed by atoms with Crippen molar-refractivity contribution >= 4 is 11.8 Å². The second-order valence-electron chi connectivity index (χ2n) is 5.65. The van der Waals surface area contributed by atoms with Crippen molar-refractivity contribution in [3.8, 4) is 11.5 Å². The van der Waals surface area contributed by atoms with E-state index in [4.69, 9.17) is 14.2 Å². The van der Waals surface area contributed by atoms with E-state index >= 15 is 0 Å². The summed E-state index contributed by atoms with van der Waals surface area (Å²) in [5.41, 5.74) is -1.16. The topological polar surface area (TPSA) is 85.9 Å². The molecule has 7 heteroatoms. The molecule has 2 amide bonds. The molecule has 0 aliphatic heterocycles. The lowest BCUT2D eigenvalue weighted by Gasteiger charge is -2.22. The monoisotopic (exact) mass is 338 g/mol. The van der Waals surface area contributed by atoms with Gasteiger partial charge in [0.2, 0.25) is 11.8 Å². The second-order valence-corrected chi connectivity index (χ2v) is 5.65. The molecule has 0 aliphatic rings. The molecule has 0 aliphatic carbocycles. The molecule has 1 aromatic rings. The standard InChI is InChI=1S/C17H26N2O5/c1-17(2,15(20)18-9-11-22-3)16(21)19-10-12-24-14-7-5-13(23-4)6-8-14/h5-8H,9-12H2,1-4H3,(H,18,20)(H,19,21). The van der Waals surface area contributed by atoms with Gasteiger partial charge < -0.3 is 24.8 Å². The van der Waals surface area contributed by atoms with Crippen LogP contribution in [0.25, 0.3) is 0 Å². The van der Waals surface area contributed by atoms with Crippen molar-refractivity contribution in [1.29, 1.82) is 0 Å². The van der Waals surface area contributed by atoms with Gasteiger partial charge in [0, 0.05) is 13.7 Å². The van der Waals surface area contributed by atoms with E-state index in [0.29, 0.717) is 32.1 Å². The van der Waals surface area contributed by atoms with Crippen molar-refractivity contribution in [2.45, 2.75) is 13.8 Å². The third-order valence-electron chi connectivity index (χ3n) is 3.44. The van der Waals surface area contributed by atoms with E-state index < -0.39 is 5.41 Å². The molecule has 0 saturated carbocycles. The molecule has 24 heavy (non-hydrogen) atoms. The fraction of sp³-hybridized carbons (Fsp3) is 0.529. The molecule has 0 bridgehead atoms. The highest BCUT2D eigenvalue weighted by Crippen LogP contribution is 2.17. The quantitative estimate of drug-likeness (QED) is 0.491. The summed E-state index contributed by atoms with van der Waals surface area (Å²) in [5.74, 6) is 0.738. The van der Waals surface area contributed by atoms with Crippen LogP contribution in [-0.4, -0.2) is 52.3 Å². The van der Waals surface area contributed by atoms with Gasteiger partial charge in [-0.05, 0) is 38.1 Å². The highest BCUT2D eigenvalue weighted by atomic mass is 16.5. The maximum atomic E-state index is 12.2. The zero-order valence-corrected chi connectivity index (χ0v) is 14.7. The minimum absolute atomic E-state index is 0.305. The molecule has 1 aromatic carbocycles. The van der Waals surface area contributed by atoms with E-state index in [0.717, 1.165) is 5.75 Å². The summed E-state index contributed by atoms with van der Waals surface area (Å²) in [6.07, 6.45) is 0. The Morgan fingerprint density at radius 3 is 1.92 bits per heavy atom. The largest absolute Gasteiger partial charge is 0.497 e. The number of ether oxygens (including phenoxy) is 3. The van der Waals surface area contributed by atoms with Crippen molar-refractivity contribution in [1.82, 2.24) is 10.6 Å². The number of hydrogen-bond acceptors (Lipinski definition) is 5. The Morgan fingerprint density at radius 2 is 1.42 bits per heavy atom. The number of hydrogen-bond donors (Lipinski definition) is 2. The normalized spacial score (nSPS) is 10.8. The Balaban J connectivity index is 2.34. The van der Waals surface area contributed by atoms with Gasteiger partial charge in [-0.15, -0.1) is 0 Å². The number of benzene rings is 1. The molecule has 0 radical (unpaired) electrons. The summed E-state index contributed by atoms with van der Waals surface area (Å²) in [7, 11) is 3.14. The fourth-order valence-electron chi connectivity index (χ4n) is 1.82. The van der Waals surface area contributed by atoms with Crippen molar-refractivity contribution < 1.29 is 23.8 Å². The summed E-state index contributed by atoms with van der Waals surface area (Å²) in [5, 5.41) is 5.37. The number of rotatable bonds is 10. The van der Waals surface area contributed by atoms with E-state index in [2.05, 4.69) is 10.6 Å². The molecule has 0 heterocycles. The van der Waals surface area contributed by atoms with Gasteiger partial charge in [-0.3, -0.25) is 9.59 Å². The summed E-state index contributed by atoms with van der Waals surface area (Å²) >= 11 is 0. The first-order chi connectivity index (χ1) is 11.4. The molecule has 7 nitrogen and oxygen atoms in total. The van der Waals surface area contributed by atoms with E-state index in [-0.39, 0.29) is 11.8 Å². The Labute approximate surface area is 142 Å². The van der Waals surface area contributed by atoms with Crippen LogP contribution >= 0.6 is 0 Å². The third-order valence-corrected chi connectivity index (χ3v) is 3.44. The maximum absolute atomic E-state index is 12.2. The lowest BCUT2D eigenvalue weighted by Crippen LogP contribution is -2.49. The van der Waals surface area contributed by atoms with E-state index in [1.54, 1.807) is 52.3 Å². The molecule has 0 fully saturated rings. The molecule has 1 rings (SSSR count). The van der Waals surface area contributed by atoms with Gasteiger partial charge in [-0.2, -0.15) is 0 Å². The predicted molar refractivity (Wildman–Crippen MR) is 90.2 cm³/mol. The SMILES string of the molecule is COCCNC(=O)C(C)(C)C(=O)NCCOc1ccc(OC)cc1. The highest BCUT2D eigenvalue weighted by molar-refractivity contribution is 6.04. The zero-order chi connectivity index (χ0) is 18.0. The molecule has 0 unspecified atom stereocenters. The number of nitrogens with one attached hydrogen (secondary N) is 2. The summed E-state index contributed by atoms with van der Waals surface area (Å²) < 4.78 is 15.4. The van der Waals surface area contributed by atoms with Crippen LogP contribution in [-0.2, 0) is 14.3 Å². The second kappa shape index (κ2) is 9.77. The van der Waals surface area contributed by atoms with E-state index in [9.17, 15) is 9.59 Å². The maximum Gasteiger partial charge on any atom is 0.235 e. The van der Waals surface area contributed by atoms with Crippen molar-refractivity contribution in [3.63, 3.8) is 0 Å². The van der Waals surface area contributed by atoms with Crippen LogP contribution in [0.15, 0.2) is 24.3 Å². The smallest absolute Gasteiger partial charge is 0.235 e. The first-order valence-corrected chi connectivity index (χ1v) is 7.74. The Hall–Kier alpha value is -2.28. The van der Waals surface area contributed by atoms with Crippen molar-refractivity contribution in [2.24, 2.45) is 5.41 Å². The number of carbonyl (C=O) groups excluding carboxylic acids is 2. The predicted octanol–water partition coefficient (Wildman–Crippen LogP) is 0.979. The zero-order valence-electron chi connectivity index (χ0n) is 14.7. The summed E-state index contributed by atoms with van der Waals surface area (Å²) in [6, 6.07) is 7.16. The minimum Gasteiger partial charge on any atom is -0.497 e. The molecule has 0 spiro atoms. The van der Waals surface area contributed by atoms with Crippen LogP contribution in [0, 0.1) is 5.41 Å². The first kappa shape index (κ1) is 19.8. The number of amides is 2. The van der Waals surface area contributed by atoms with Crippen LogP contribution in [0.3, 0.4) is 0 Å². The molecule has 0 aromatic heterocycles. The van der Waals surface area contributed by atoms with Crippen LogP contribution in [0.4, 0.5) is 0 Å². The number of carbonyl (C=O) groups is 2. The average Bonchev–Trinajstić information content (AvgIpc) is 2.59. The average molecular weight is 338 g/mol. The van der Waals surface area contributed by atoms with Gasteiger partial charge in [0.25, 0.3) is 0 Å². The van der Waals surface area contributed by atoms with Crippen LogP contribution in [0.2, 0.25) is 0 Å². The van der Waals surface area contributed by atoms with Gasteiger partial charge in [0.1, 0.15) is 23.5 Å². The minimum atomic E-state index is -1.16. The van der Waals surface area contributed by atoms with Gasteiger partial charge in [-0.25, -0.2) is 0 Å². The third kappa shape index (κ3) is 6.08. The molecular formula is C17H26N2O5. The Morgan fingerprint density at radius 1 is 0.917 bits per heavy atom. The van der Waals surface area contributed by atoms with Crippen molar-refractivity contribution in [2.75, 3.05) is 40.5 Å². The first-order valence-electron chi connectivity index (χ1n) is 7.74. The molecule has 0 atom stereocenters. The lowest BCUT2D eigenvalue weighted by atomic mass is 9.91. The number of methoxy groups -OCH3 is 2. The van der Waals surface area contributed by atoms with Crippen LogP contribution < -0.4 is 20.1 Å².